The Morgan fingerprint density at radius 3 is 2.35 bits per heavy atom. The van der Waals surface area contributed by atoms with Gasteiger partial charge < -0.3 is 9.53 Å². The standard InChI is InChI=1S/C17H25F3O2Si/c1-16(2,3)23(4,5)22-14-10-9-11-12(14)7-6-8-13(11)15(21)17(18,19)20/h6-8,14-15,21H,9-10H2,1-5H3. The van der Waals surface area contributed by atoms with E-state index >= 15 is 0 Å². The minimum absolute atomic E-state index is 0.0312. The van der Waals surface area contributed by atoms with E-state index < -0.39 is 20.6 Å². The number of aliphatic hydroxyl groups is 1. The average Bonchev–Trinajstić information content (AvgIpc) is 2.78. The Balaban J connectivity index is 2.32. The lowest BCUT2D eigenvalue weighted by Crippen LogP contribution is -2.41. The molecule has 0 radical (unpaired) electrons. The summed E-state index contributed by atoms with van der Waals surface area (Å²) >= 11 is 0. The Morgan fingerprint density at radius 2 is 1.83 bits per heavy atom. The van der Waals surface area contributed by atoms with Crippen molar-refractivity contribution in [2.45, 2.75) is 70.1 Å². The molecule has 0 spiro atoms. The molecule has 2 rings (SSSR count). The highest BCUT2D eigenvalue weighted by Gasteiger charge is 2.44. The second kappa shape index (κ2) is 5.90. The van der Waals surface area contributed by atoms with Gasteiger partial charge in [-0.25, -0.2) is 0 Å². The molecule has 0 aromatic heterocycles. The number of fused-ring (bicyclic) bond motifs is 1. The Hall–Kier alpha value is -0.853. The summed E-state index contributed by atoms with van der Waals surface area (Å²) in [5.41, 5.74) is 1.37. The molecule has 1 aromatic rings. The van der Waals surface area contributed by atoms with Gasteiger partial charge in [0.25, 0.3) is 0 Å². The van der Waals surface area contributed by atoms with Crippen molar-refractivity contribution >= 4 is 8.32 Å². The van der Waals surface area contributed by atoms with Crippen molar-refractivity contribution in [3.8, 4) is 0 Å². The van der Waals surface area contributed by atoms with Crippen molar-refractivity contribution in [2.75, 3.05) is 0 Å². The lowest BCUT2D eigenvalue weighted by molar-refractivity contribution is -0.207. The minimum atomic E-state index is -4.65. The number of hydrogen-bond acceptors (Lipinski definition) is 2. The first-order valence-corrected chi connectivity index (χ1v) is 10.8. The molecule has 1 N–H and O–H groups in total. The summed E-state index contributed by atoms with van der Waals surface area (Å²) in [4.78, 5) is 0. The number of alkyl halides is 3. The topological polar surface area (TPSA) is 29.5 Å². The highest BCUT2D eigenvalue weighted by atomic mass is 28.4. The summed E-state index contributed by atoms with van der Waals surface area (Å²) in [5.74, 6) is 0. The fourth-order valence-electron chi connectivity index (χ4n) is 2.73. The van der Waals surface area contributed by atoms with Crippen LogP contribution in [0.1, 0.15) is 56.1 Å². The molecular formula is C17H25F3O2Si. The first kappa shape index (κ1) is 18.5. The van der Waals surface area contributed by atoms with Gasteiger partial charge in [0.15, 0.2) is 14.4 Å². The van der Waals surface area contributed by atoms with Crippen LogP contribution >= 0.6 is 0 Å². The van der Waals surface area contributed by atoms with Crippen LogP contribution in [0.2, 0.25) is 18.1 Å². The maximum atomic E-state index is 12.9. The van der Waals surface area contributed by atoms with Crippen LogP contribution in [0.5, 0.6) is 0 Å². The molecule has 6 heteroatoms. The van der Waals surface area contributed by atoms with E-state index in [0.29, 0.717) is 18.4 Å². The molecule has 0 amide bonds. The lowest BCUT2D eigenvalue weighted by Gasteiger charge is -2.38. The molecule has 2 atom stereocenters. The third-order valence-corrected chi connectivity index (χ3v) is 9.59. The van der Waals surface area contributed by atoms with E-state index in [1.807, 2.05) is 6.07 Å². The second-order valence-electron chi connectivity index (χ2n) is 7.76. The van der Waals surface area contributed by atoms with Gasteiger partial charge in [0.2, 0.25) is 0 Å². The zero-order chi connectivity index (χ0) is 17.6. The van der Waals surface area contributed by atoms with Crippen LogP contribution in [0, 0.1) is 0 Å². The average molecular weight is 346 g/mol. The lowest BCUT2D eigenvalue weighted by atomic mass is 9.98. The maximum absolute atomic E-state index is 12.9. The van der Waals surface area contributed by atoms with E-state index in [1.165, 1.54) is 6.07 Å². The predicted octanol–water partition coefficient (Wildman–Crippen LogP) is 5.29. The van der Waals surface area contributed by atoms with Gasteiger partial charge in [-0.15, -0.1) is 0 Å². The third kappa shape index (κ3) is 3.64. The van der Waals surface area contributed by atoms with Gasteiger partial charge in [0.1, 0.15) is 0 Å². The number of benzene rings is 1. The number of hydrogen-bond donors (Lipinski definition) is 1. The van der Waals surface area contributed by atoms with Gasteiger partial charge >= 0.3 is 6.18 Å². The first-order valence-electron chi connectivity index (χ1n) is 7.89. The van der Waals surface area contributed by atoms with Gasteiger partial charge in [-0.05, 0) is 47.7 Å². The molecule has 2 nitrogen and oxygen atoms in total. The van der Waals surface area contributed by atoms with E-state index in [1.54, 1.807) is 6.07 Å². The molecule has 0 heterocycles. The maximum Gasteiger partial charge on any atom is 0.418 e. The van der Waals surface area contributed by atoms with E-state index in [-0.39, 0.29) is 16.7 Å². The summed E-state index contributed by atoms with van der Waals surface area (Å²) in [6.45, 7) is 10.7. The second-order valence-corrected chi connectivity index (χ2v) is 12.5. The zero-order valence-electron chi connectivity index (χ0n) is 14.3. The van der Waals surface area contributed by atoms with Crippen molar-refractivity contribution < 1.29 is 22.7 Å². The van der Waals surface area contributed by atoms with Crippen LogP contribution in [-0.2, 0) is 10.8 Å². The molecule has 2 unspecified atom stereocenters. The Bertz CT molecular complexity index is 576. The molecule has 1 aromatic carbocycles. The molecule has 130 valence electrons. The third-order valence-electron chi connectivity index (χ3n) is 5.10. The number of rotatable bonds is 3. The quantitative estimate of drug-likeness (QED) is 0.753. The van der Waals surface area contributed by atoms with Crippen LogP contribution in [0.15, 0.2) is 18.2 Å². The molecule has 0 bridgehead atoms. The largest absolute Gasteiger partial charge is 0.418 e. The number of halogens is 3. The van der Waals surface area contributed by atoms with Crippen molar-refractivity contribution in [3.63, 3.8) is 0 Å². The fraction of sp³-hybridized carbons (Fsp3) is 0.647. The number of aliphatic hydroxyl groups excluding tert-OH is 1. The molecule has 0 aliphatic heterocycles. The monoisotopic (exact) mass is 346 g/mol. The van der Waals surface area contributed by atoms with Crippen LogP contribution in [0.4, 0.5) is 13.2 Å². The Labute approximate surface area is 136 Å². The van der Waals surface area contributed by atoms with Crippen molar-refractivity contribution in [1.29, 1.82) is 0 Å². The summed E-state index contributed by atoms with van der Waals surface area (Å²) in [5, 5.41) is 9.65. The molecule has 1 aliphatic rings. The Morgan fingerprint density at radius 1 is 1.22 bits per heavy atom. The van der Waals surface area contributed by atoms with Gasteiger partial charge in [-0.2, -0.15) is 13.2 Å². The minimum Gasteiger partial charge on any atom is -0.410 e. The normalized spacial score (nSPS) is 20.5. The Kier molecular flexibility index (Phi) is 4.74. The summed E-state index contributed by atoms with van der Waals surface area (Å²) in [7, 11) is -2.00. The van der Waals surface area contributed by atoms with E-state index in [4.69, 9.17) is 4.43 Å². The van der Waals surface area contributed by atoms with Crippen LogP contribution in [0.3, 0.4) is 0 Å². The smallest absolute Gasteiger partial charge is 0.410 e. The molecule has 0 saturated heterocycles. The highest BCUT2D eigenvalue weighted by Crippen LogP contribution is 2.46. The molecular weight excluding hydrogens is 321 g/mol. The van der Waals surface area contributed by atoms with Crippen LogP contribution < -0.4 is 0 Å². The van der Waals surface area contributed by atoms with Crippen LogP contribution in [0.25, 0.3) is 0 Å². The first-order chi connectivity index (χ1) is 10.3. The summed E-state index contributed by atoms with van der Waals surface area (Å²) < 4.78 is 44.9. The predicted molar refractivity (Wildman–Crippen MR) is 86.8 cm³/mol. The SMILES string of the molecule is CC(C)(C)[Si](C)(C)OC1CCc2c1cccc2C(O)C(F)(F)F. The van der Waals surface area contributed by atoms with Gasteiger partial charge in [0.05, 0.1) is 6.10 Å². The van der Waals surface area contributed by atoms with Gasteiger partial charge in [-0.1, -0.05) is 39.0 Å². The van der Waals surface area contributed by atoms with E-state index in [0.717, 1.165) is 5.56 Å². The fourth-order valence-corrected chi connectivity index (χ4v) is 4.04. The zero-order valence-corrected chi connectivity index (χ0v) is 15.3. The molecule has 23 heavy (non-hydrogen) atoms. The van der Waals surface area contributed by atoms with Crippen LogP contribution in [-0.4, -0.2) is 19.6 Å². The van der Waals surface area contributed by atoms with Gasteiger partial charge in [-0.3, -0.25) is 0 Å². The van der Waals surface area contributed by atoms with Crippen molar-refractivity contribution in [1.82, 2.24) is 0 Å². The van der Waals surface area contributed by atoms with Gasteiger partial charge in [0, 0.05) is 0 Å². The summed E-state index contributed by atoms with van der Waals surface area (Å²) in [6, 6.07) is 4.77. The van der Waals surface area contributed by atoms with E-state index in [9.17, 15) is 18.3 Å². The highest BCUT2D eigenvalue weighted by molar-refractivity contribution is 6.74. The van der Waals surface area contributed by atoms with E-state index in [2.05, 4.69) is 33.9 Å². The van der Waals surface area contributed by atoms with Crippen molar-refractivity contribution in [2.24, 2.45) is 0 Å². The van der Waals surface area contributed by atoms with Crippen molar-refractivity contribution in [3.05, 3.63) is 34.9 Å². The molecule has 0 saturated carbocycles. The molecule has 1 aliphatic carbocycles. The summed E-state index contributed by atoms with van der Waals surface area (Å²) in [6.07, 6.45) is -6.06. The molecule has 0 fully saturated rings.